The van der Waals surface area contributed by atoms with E-state index >= 15 is 0 Å². The Hall–Kier alpha value is -1.90. The van der Waals surface area contributed by atoms with Crippen LogP contribution in [0.1, 0.15) is 5.89 Å². The van der Waals surface area contributed by atoms with Gasteiger partial charge in [0.05, 0.1) is 15.9 Å². The molecular formula is C15H11BrClN3O3S. The molecule has 1 aromatic carbocycles. The highest BCUT2D eigenvalue weighted by Crippen LogP contribution is 2.27. The quantitative estimate of drug-likeness (QED) is 0.644. The van der Waals surface area contributed by atoms with Crippen LogP contribution in [0.15, 0.2) is 44.7 Å². The number of amides is 1. The Labute approximate surface area is 154 Å². The van der Waals surface area contributed by atoms with Gasteiger partial charge in [0.1, 0.15) is 5.75 Å². The van der Waals surface area contributed by atoms with Crippen molar-refractivity contribution >= 4 is 44.8 Å². The molecule has 0 aliphatic heterocycles. The van der Waals surface area contributed by atoms with Crippen molar-refractivity contribution < 1.29 is 14.1 Å². The van der Waals surface area contributed by atoms with Crippen molar-refractivity contribution in [2.45, 2.75) is 6.54 Å². The number of aromatic nitrogens is 2. The second kappa shape index (κ2) is 7.78. The number of nitrogens with one attached hydrogen (secondary N) is 1. The third kappa shape index (κ3) is 4.34. The highest BCUT2D eigenvalue weighted by Gasteiger charge is 2.11. The van der Waals surface area contributed by atoms with Gasteiger partial charge in [-0.15, -0.1) is 11.3 Å². The zero-order chi connectivity index (χ0) is 16.9. The first-order valence-electron chi connectivity index (χ1n) is 6.83. The summed E-state index contributed by atoms with van der Waals surface area (Å²) in [5.74, 6) is 1.08. The van der Waals surface area contributed by atoms with Crippen LogP contribution in [0.3, 0.4) is 0 Å². The number of hydrogen-bond acceptors (Lipinski definition) is 6. The van der Waals surface area contributed by atoms with Crippen molar-refractivity contribution in [1.82, 2.24) is 15.5 Å². The summed E-state index contributed by atoms with van der Waals surface area (Å²) in [6.07, 6.45) is 0. The molecule has 2 heterocycles. The van der Waals surface area contributed by atoms with Gasteiger partial charge in [-0.3, -0.25) is 4.79 Å². The van der Waals surface area contributed by atoms with Crippen LogP contribution in [-0.4, -0.2) is 22.7 Å². The van der Waals surface area contributed by atoms with Crippen LogP contribution >= 0.6 is 38.9 Å². The Morgan fingerprint density at radius 1 is 1.42 bits per heavy atom. The van der Waals surface area contributed by atoms with E-state index in [0.29, 0.717) is 27.0 Å². The van der Waals surface area contributed by atoms with Gasteiger partial charge >= 0.3 is 0 Å². The molecular weight excluding hydrogens is 418 g/mol. The van der Waals surface area contributed by atoms with Crippen molar-refractivity contribution in [3.05, 3.63) is 51.1 Å². The molecule has 3 aromatic rings. The molecule has 9 heteroatoms. The lowest BCUT2D eigenvalue weighted by atomic mass is 10.3. The summed E-state index contributed by atoms with van der Waals surface area (Å²) in [6, 6.07) is 8.87. The predicted octanol–water partition coefficient (Wildman–Crippen LogP) is 3.91. The van der Waals surface area contributed by atoms with E-state index in [4.69, 9.17) is 20.9 Å². The van der Waals surface area contributed by atoms with Gasteiger partial charge in [0, 0.05) is 5.02 Å². The van der Waals surface area contributed by atoms with E-state index in [1.807, 2.05) is 17.5 Å². The van der Waals surface area contributed by atoms with Gasteiger partial charge in [0.2, 0.25) is 11.7 Å². The largest absolute Gasteiger partial charge is 0.483 e. The molecule has 0 saturated carbocycles. The van der Waals surface area contributed by atoms with Crippen LogP contribution in [0.25, 0.3) is 10.7 Å². The number of ether oxygens (including phenoxy) is 1. The second-order valence-corrected chi connectivity index (χ2v) is 6.87. The first-order valence-corrected chi connectivity index (χ1v) is 8.88. The number of carbonyl (C=O) groups is 1. The molecule has 1 N–H and O–H groups in total. The van der Waals surface area contributed by atoms with E-state index < -0.39 is 0 Å². The molecule has 124 valence electrons. The summed E-state index contributed by atoms with van der Waals surface area (Å²) in [6.45, 7) is 0.00844. The molecule has 1 amide bonds. The molecule has 0 spiro atoms. The average molecular weight is 429 g/mol. The first-order chi connectivity index (χ1) is 11.6. The van der Waals surface area contributed by atoms with Crippen molar-refractivity contribution in [3.8, 4) is 16.5 Å². The van der Waals surface area contributed by atoms with E-state index in [0.717, 1.165) is 4.88 Å². The predicted molar refractivity (Wildman–Crippen MR) is 94.1 cm³/mol. The normalized spacial score (nSPS) is 10.6. The summed E-state index contributed by atoms with van der Waals surface area (Å²) >= 11 is 10.7. The minimum absolute atomic E-state index is 0.133. The van der Waals surface area contributed by atoms with Gasteiger partial charge in [0.15, 0.2) is 6.61 Å². The average Bonchev–Trinajstić information content (AvgIpc) is 3.23. The van der Waals surface area contributed by atoms with Crippen molar-refractivity contribution in [1.29, 1.82) is 0 Å². The van der Waals surface area contributed by atoms with Gasteiger partial charge in [-0.25, -0.2) is 0 Å². The van der Waals surface area contributed by atoms with Crippen LogP contribution in [-0.2, 0) is 11.3 Å². The maximum Gasteiger partial charge on any atom is 0.258 e. The fourth-order valence-electron chi connectivity index (χ4n) is 1.79. The minimum Gasteiger partial charge on any atom is -0.483 e. The molecule has 0 fully saturated rings. The number of carbonyl (C=O) groups excluding carboxylic acids is 1. The standard InChI is InChI=1S/C15H11BrClN3O3S/c16-10-6-9(17)3-4-11(10)22-8-13(21)18-7-14-19-15(20-23-14)12-2-1-5-24-12/h1-6H,7-8H2,(H,18,21). The number of nitrogens with zero attached hydrogens (tertiary/aromatic N) is 2. The number of rotatable bonds is 6. The Morgan fingerprint density at radius 2 is 2.29 bits per heavy atom. The first kappa shape index (κ1) is 16.9. The Kier molecular flexibility index (Phi) is 5.49. The number of thiophene rings is 1. The van der Waals surface area contributed by atoms with Gasteiger partial charge in [-0.2, -0.15) is 4.98 Å². The molecule has 6 nitrogen and oxygen atoms in total. The molecule has 0 bridgehead atoms. The molecule has 0 atom stereocenters. The fourth-order valence-corrected chi connectivity index (χ4v) is 3.24. The lowest BCUT2D eigenvalue weighted by Crippen LogP contribution is -2.28. The molecule has 0 unspecified atom stereocenters. The van der Waals surface area contributed by atoms with Gasteiger partial charge in [-0.1, -0.05) is 22.8 Å². The van der Waals surface area contributed by atoms with E-state index in [2.05, 4.69) is 31.4 Å². The molecule has 0 radical (unpaired) electrons. The lowest BCUT2D eigenvalue weighted by molar-refractivity contribution is -0.123. The third-order valence-corrected chi connectivity index (χ3v) is 4.62. The van der Waals surface area contributed by atoms with Crippen molar-refractivity contribution in [2.24, 2.45) is 0 Å². The Morgan fingerprint density at radius 3 is 3.04 bits per heavy atom. The zero-order valence-corrected chi connectivity index (χ0v) is 15.3. The van der Waals surface area contributed by atoms with Gasteiger partial charge in [-0.05, 0) is 45.6 Å². The topological polar surface area (TPSA) is 77.2 Å². The maximum absolute atomic E-state index is 11.8. The zero-order valence-electron chi connectivity index (χ0n) is 12.2. The second-order valence-electron chi connectivity index (χ2n) is 4.63. The monoisotopic (exact) mass is 427 g/mol. The summed E-state index contributed by atoms with van der Waals surface area (Å²) in [5, 5.41) is 9.04. The van der Waals surface area contributed by atoms with Gasteiger partial charge < -0.3 is 14.6 Å². The Balaban J connectivity index is 1.49. The van der Waals surface area contributed by atoms with Crippen LogP contribution in [0.5, 0.6) is 5.75 Å². The van der Waals surface area contributed by atoms with E-state index in [1.165, 1.54) is 11.3 Å². The van der Waals surface area contributed by atoms with E-state index in [-0.39, 0.29) is 19.1 Å². The van der Waals surface area contributed by atoms with Crippen LogP contribution in [0.4, 0.5) is 0 Å². The van der Waals surface area contributed by atoms with Crippen LogP contribution < -0.4 is 10.1 Å². The summed E-state index contributed by atoms with van der Waals surface area (Å²) in [4.78, 5) is 17.0. The summed E-state index contributed by atoms with van der Waals surface area (Å²) < 4.78 is 11.2. The summed E-state index contributed by atoms with van der Waals surface area (Å²) in [5.41, 5.74) is 0. The molecule has 0 aliphatic rings. The lowest BCUT2D eigenvalue weighted by Gasteiger charge is -2.08. The highest BCUT2D eigenvalue weighted by molar-refractivity contribution is 9.10. The van der Waals surface area contributed by atoms with Crippen LogP contribution in [0, 0.1) is 0 Å². The van der Waals surface area contributed by atoms with Gasteiger partial charge in [0.25, 0.3) is 5.91 Å². The number of halogens is 2. The highest BCUT2D eigenvalue weighted by atomic mass is 79.9. The summed E-state index contributed by atoms with van der Waals surface area (Å²) in [7, 11) is 0. The Bertz CT molecular complexity index is 838. The van der Waals surface area contributed by atoms with Crippen LogP contribution in [0.2, 0.25) is 5.02 Å². The number of hydrogen-bond donors (Lipinski definition) is 1. The molecule has 0 saturated heterocycles. The van der Waals surface area contributed by atoms with E-state index in [9.17, 15) is 4.79 Å². The van der Waals surface area contributed by atoms with Crippen molar-refractivity contribution in [2.75, 3.05) is 6.61 Å². The molecule has 2 aromatic heterocycles. The number of benzene rings is 1. The minimum atomic E-state index is -0.298. The molecule has 0 aliphatic carbocycles. The SMILES string of the molecule is O=C(COc1ccc(Cl)cc1Br)NCc1nc(-c2cccs2)no1. The molecule has 3 rings (SSSR count). The fraction of sp³-hybridized carbons (Fsp3) is 0.133. The smallest absolute Gasteiger partial charge is 0.258 e. The molecule has 24 heavy (non-hydrogen) atoms. The third-order valence-electron chi connectivity index (χ3n) is 2.90. The van der Waals surface area contributed by atoms with E-state index in [1.54, 1.807) is 18.2 Å². The maximum atomic E-state index is 11.8. The van der Waals surface area contributed by atoms with Crippen molar-refractivity contribution in [3.63, 3.8) is 0 Å².